The Morgan fingerprint density at radius 3 is 2.61 bits per heavy atom. The minimum atomic E-state index is -2.16. The predicted octanol–water partition coefficient (Wildman–Crippen LogP) is 1.74. The number of nitrogens with zero attached hydrogens (tertiary/aromatic N) is 5. The minimum Gasteiger partial charge on any atom is -0.458 e. The van der Waals surface area contributed by atoms with Crippen LogP contribution in [0, 0.1) is 5.92 Å². The Kier molecular flexibility index (Phi) is 8.96. The van der Waals surface area contributed by atoms with Crippen molar-refractivity contribution in [3.8, 4) is 0 Å². The van der Waals surface area contributed by atoms with Crippen molar-refractivity contribution in [1.29, 1.82) is 0 Å². The number of amides is 1. The number of thioether (sulfide) groups is 1. The van der Waals surface area contributed by atoms with Crippen molar-refractivity contribution < 1.29 is 28.7 Å². The van der Waals surface area contributed by atoms with Crippen LogP contribution in [-0.2, 0) is 23.5 Å². The molecule has 0 aliphatic carbocycles. The SMILES string of the molecule is C=CCOC(=O)C(O)N1C(=O)[C@H](CO[Si](C)(C)C(C)(C)C)[C@H]1SC(=O)C[C@@H](C)n1cnnn1. The molecular weight excluding hydrogens is 466 g/mol. The summed E-state index contributed by atoms with van der Waals surface area (Å²) in [6.45, 7) is 15.6. The number of likely N-dealkylation sites (tertiary alicyclic amines) is 1. The third-order valence-electron chi connectivity index (χ3n) is 5.97. The first-order valence-corrected chi connectivity index (χ1v) is 14.4. The summed E-state index contributed by atoms with van der Waals surface area (Å²) in [5.41, 5.74) is 0. The summed E-state index contributed by atoms with van der Waals surface area (Å²) in [4.78, 5) is 38.8. The quantitative estimate of drug-likeness (QED) is 0.207. The van der Waals surface area contributed by atoms with E-state index in [1.54, 1.807) is 6.92 Å². The van der Waals surface area contributed by atoms with Crippen LogP contribution in [0.4, 0.5) is 0 Å². The van der Waals surface area contributed by atoms with Crippen LogP contribution in [0.2, 0.25) is 18.1 Å². The lowest BCUT2D eigenvalue weighted by molar-refractivity contribution is -0.185. The fourth-order valence-electron chi connectivity index (χ4n) is 2.83. The third kappa shape index (κ3) is 6.49. The molecule has 11 nitrogen and oxygen atoms in total. The van der Waals surface area contributed by atoms with E-state index in [1.165, 1.54) is 17.1 Å². The monoisotopic (exact) mass is 499 g/mol. The van der Waals surface area contributed by atoms with E-state index in [0.29, 0.717) is 0 Å². The van der Waals surface area contributed by atoms with Crippen molar-refractivity contribution >= 4 is 37.1 Å². The molecule has 4 atom stereocenters. The van der Waals surface area contributed by atoms with Gasteiger partial charge in [0.2, 0.25) is 12.1 Å². The van der Waals surface area contributed by atoms with E-state index in [1.807, 2.05) is 0 Å². The highest BCUT2D eigenvalue weighted by Gasteiger charge is 2.54. The number of aliphatic hydroxyl groups is 1. The topological polar surface area (TPSA) is 137 Å². The summed E-state index contributed by atoms with van der Waals surface area (Å²) in [6, 6.07) is -0.298. The second kappa shape index (κ2) is 10.9. The first-order valence-electron chi connectivity index (χ1n) is 10.6. The molecule has 1 aliphatic heterocycles. The largest absolute Gasteiger partial charge is 0.458 e. The summed E-state index contributed by atoms with van der Waals surface area (Å²) in [5, 5.41) is 20.3. The van der Waals surface area contributed by atoms with Crippen molar-refractivity contribution in [3.63, 3.8) is 0 Å². The van der Waals surface area contributed by atoms with Crippen LogP contribution in [-0.4, -0.2) is 80.3 Å². The van der Waals surface area contributed by atoms with E-state index in [0.717, 1.165) is 16.7 Å². The summed E-state index contributed by atoms with van der Waals surface area (Å²) in [5.74, 6) is -2.11. The van der Waals surface area contributed by atoms with E-state index in [2.05, 4.69) is 56.0 Å². The number of carbonyl (C=O) groups excluding carboxylic acids is 3. The van der Waals surface area contributed by atoms with Crippen molar-refractivity contribution in [3.05, 3.63) is 19.0 Å². The number of β-lactam (4-membered cyclic amide) rings is 1. The molecule has 0 radical (unpaired) electrons. The second-order valence-electron chi connectivity index (χ2n) is 9.44. The molecule has 2 heterocycles. The van der Waals surface area contributed by atoms with Crippen LogP contribution in [0.15, 0.2) is 19.0 Å². The van der Waals surface area contributed by atoms with Gasteiger partial charge < -0.3 is 14.3 Å². The highest BCUT2D eigenvalue weighted by atomic mass is 32.2. The number of hydrogen-bond acceptors (Lipinski definition) is 10. The zero-order valence-electron chi connectivity index (χ0n) is 19.9. The van der Waals surface area contributed by atoms with Gasteiger partial charge in [0.1, 0.15) is 18.3 Å². The van der Waals surface area contributed by atoms with Gasteiger partial charge in [0.05, 0.1) is 12.0 Å². The van der Waals surface area contributed by atoms with E-state index in [4.69, 9.17) is 9.16 Å². The fourth-order valence-corrected chi connectivity index (χ4v) is 5.16. The Labute approximate surface area is 199 Å². The third-order valence-corrected chi connectivity index (χ3v) is 11.7. The molecule has 1 aromatic rings. The molecule has 0 spiro atoms. The van der Waals surface area contributed by atoms with Crippen molar-refractivity contribution in [2.45, 2.75) is 69.9 Å². The summed E-state index contributed by atoms with van der Waals surface area (Å²) in [7, 11) is -2.16. The van der Waals surface area contributed by atoms with Crippen LogP contribution < -0.4 is 0 Å². The van der Waals surface area contributed by atoms with Gasteiger partial charge in [-0.05, 0) is 35.5 Å². The summed E-state index contributed by atoms with van der Waals surface area (Å²) >= 11 is 0.891. The van der Waals surface area contributed by atoms with Gasteiger partial charge in [-0.15, -0.1) is 5.10 Å². The molecule has 1 aliphatic rings. The number of hydrogen-bond donors (Lipinski definition) is 1. The summed E-state index contributed by atoms with van der Waals surface area (Å²) < 4.78 is 12.5. The van der Waals surface area contributed by atoms with Crippen LogP contribution in [0.5, 0.6) is 0 Å². The van der Waals surface area contributed by atoms with Gasteiger partial charge >= 0.3 is 5.97 Å². The molecule has 1 fully saturated rings. The number of aromatic nitrogens is 4. The van der Waals surface area contributed by atoms with Gasteiger partial charge in [-0.2, -0.15) is 0 Å². The minimum absolute atomic E-state index is 0.0623. The molecule has 0 aromatic carbocycles. The normalized spacial score (nSPS) is 20.7. The fraction of sp³-hybridized carbons (Fsp3) is 0.700. The average Bonchev–Trinajstić information content (AvgIpc) is 3.25. The number of ether oxygens (including phenoxy) is 1. The Hall–Kier alpha value is -2.09. The van der Waals surface area contributed by atoms with Crippen molar-refractivity contribution in [2.75, 3.05) is 13.2 Å². The highest BCUT2D eigenvalue weighted by molar-refractivity contribution is 8.14. The molecule has 184 valence electrons. The van der Waals surface area contributed by atoms with Crippen molar-refractivity contribution in [1.82, 2.24) is 25.1 Å². The smallest absolute Gasteiger partial charge is 0.356 e. The van der Waals surface area contributed by atoms with Gasteiger partial charge in [0.15, 0.2) is 13.4 Å². The zero-order valence-corrected chi connectivity index (χ0v) is 21.7. The van der Waals surface area contributed by atoms with Crippen LogP contribution in [0.1, 0.15) is 40.2 Å². The lowest BCUT2D eigenvalue weighted by Crippen LogP contribution is -2.67. The molecule has 13 heteroatoms. The average molecular weight is 500 g/mol. The molecule has 1 aromatic heterocycles. The van der Waals surface area contributed by atoms with E-state index >= 15 is 0 Å². The van der Waals surface area contributed by atoms with Crippen LogP contribution in [0.3, 0.4) is 0 Å². The number of aliphatic hydroxyl groups excluding tert-OH is 1. The maximum Gasteiger partial charge on any atom is 0.356 e. The number of rotatable bonds is 11. The Balaban J connectivity index is 2.13. The molecule has 1 saturated heterocycles. The zero-order chi connectivity index (χ0) is 25.0. The predicted molar refractivity (Wildman–Crippen MR) is 124 cm³/mol. The van der Waals surface area contributed by atoms with Gasteiger partial charge in [0.25, 0.3) is 0 Å². The second-order valence-corrected chi connectivity index (χ2v) is 15.4. The van der Waals surface area contributed by atoms with E-state index in [9.17, 15) is 19.5 Å². The lowest BCUT2D eigenvalue weighted by Gasteiger charge is -2.48. The Morgan fingerprint density at radius 2 is 2.06 bits per heavy atom. The van der Waals surface area contributed by atoms with Crippen LogP contribution >= 0.6 is 11.8 Å². The first-order chi connectivity index (χ1) is 15.3. The molecule has 0 bridgehead atoms. The summed E-state index contributed by atoms with van der Waals surface area (Å²) in [6.07, 6.45) is 1.05. The molecular formula is C20H33N5O6SSi. The van der Waals surface area contributed by atoms with Gasteiger partial charge in [0, 0.05) is 13.0 Å². The molecule has 1 amide bonds. The highest BCUT2D eigenvalue weighted by Crippen LogP contribution is 2.41. The van der Waals surface area contributed by atoms with Gasteiger partial charge in [-0.25, -0.2) is 9.48 Å². The Morgan fingerprint density at radius 1 is 1.39 bits per heavy atom. The van der Waals surface area contributed by atoms with Crippen LogP contribution in [0.25, 0.3) is 0 Å². The lowest BCUT2D eigenvalue weighted by atomic mass is 9.99. The van der Waals surface area contributed by atoms with Gasteiger partial charge in [-0.3, -0.25) is 14.5 Å². The standard InChI is InChI=1S/C20H33N5O6SSi/c1-8-9-30-19(29)17(28)25-16(27)14(11-31-33(6,7)20(3,4)5)18(25)32-15(26)10-13(2)24-12-21-22-23-24/h8,12-14,17-18,28H,1,9-11H2,2-7H3/t13-,14+,17?,18-/m1/s1. The molecule has 1 N–H and O–H groups in total. The van der Waals surface area contributed by atoms with Gasteiger partial charge in [-0.1, -0.05) is 45.2 Å². The maximum atomic E-state index is 12.9. The van der Waals surface area contributed by atoms with Crippen molar-refractivity contribution in [2.24, 2.45) is 5.92 Å². The van der Waals surface area contributed by atoms with E-state index in [-0.39, 0.29) is 35.8 Å². The Bertz CT molecular complexity index is 860. The molecule has 0 saturated carbocycles. The number of carbonyl (C=O) groups is 3. The number of esters is 1. The maximum absolute atomic E-state index is 12.9. The first kappa shape index (κ1) is 27.2. The molecule has 33 heavy (non-hydrogen) atoms. The molecule has 2 rings (SSSR count). The van der Waals surface area contributed by atoms with E-state index < -0.39 is 37.7 Å². The number of tetrazole rings is 1. The molecule has 1 unspecified atom stereocenters.